The summed E-state index contributed by atoms with van der Waals surface area (Å²) in [6.07, 6.45) is 0. The van der Waals surface area contributed by atoms with Crippen LogP contribution >= 0.6 is 0 Å². The van der Waals surface area contributed by atoms with Crippen LogP contribution in [0.2, 0.25) is 0 Å². The van der Waals surface area contributed by atoms with Gasteiger partial charge in [-0.25, -0.2) is 4.39 Å². The van der Waals surface area contributed by atoms with E-state index in [4.69, 9.17) is 11.5 Å². The molecule has 5 N–H and O–H groups in total. The highest BCUT2D eigenvalue weighted by atomic mass is 19.1. The Labute approximate surface area is 110 Å². The lowest BCUT2D eigenvalue weighted by Crippen LogP contribution is -2.15. The molecule has 4 nitrogen and oxygen atoms in total. The first kappa shape index (κ1) is 12.9. The molecule has 19 heavy (non-hydrogen) atoms. The van der Waals surface area contributed by atoms with E-state index < -0.39 is 11.7 Å². The van der Waals surface area contributed by atoms with Crippen LogP contribution in [0.15, 0.2) is 36.4 Å². The van der Waals surface area contributed by atoms with E-state index in [1.54, 1.807) is 18.2 Å². The number of hydrogen-bond acceptors (Lipinski definition) is 3. The smallest absolute Gasteiger partial charge is 0.257 e. The normalized spacial score (nSPS) is 10.2. The van der Waals surface area contributed by atoms with Crippen molar-refractivity contribution in [2.24, 2.45) is 0 Å². The molecule has 2 rings (SSSR count). The van der Waals surface area contributed by atoms with Crippen LogP contribution in [0, 0.1) is 12.7 Å². The van der Waals surface area contributed by atoms with Gasteiger partial charge in [-0.2, -0.15) is 0 Å². The molecule has 0 aliphatic rings. The summed E-state index contributed by atoms with van der Waals surface area (Å²) in [6, 6.07) is 9.05. The Balaban J connectivity index is 2.28. The molecule has 0 fully saturated rings. The van der Waals surface area contributed by atoms with Crippen molar-refractivity contribution in [3.63, 3.8) is 0 Å². The van der Waals surface area contributed by atoms with Crippen molar-refractivity contribution >= 4 is 23.0 Å². The molecule has 0 spiro atoms. The van der Waals surface area contributed by atoms with E-state index in [9.17, 15) is 9.18 Å². The summed E-state index contributed by atoms with van der Waals surface area (Å²) in [5.41, 5.74) is 13.2. The van der Waals surface area contributed by atoms with Crippen LogP contribution < -0.4 is 16.8 Å². The Morgan fingerprint density at radius 3 is 2.58 bits per heavy atom. The predicted octanol–water partition coefficient (Wildman–Crippen LogP) is 2.55. The molecule has 0 aliphatic heterocycles. The van der Waals surface area contributed by atoms with Gasteiger partial charge in [0.25, 0.3) is 5.91 Å². The average Bonchev–Trinajstić information content (AvgIpc) is 2.33. The van der Waals surface area contributed by atoms with Gasteiger partial charge in [0, 0.05) is 11.4 Å². The third kappa shape index (κ3) is 2.82. The van der Waals surface area contributed by atoms with Gasteiger partial charge in [0.2, 0.25) is 0 Å². The Morgan fingerprint density at radius 1 is 1.16 bits per heavy atom. The van der Waals surface area contributed by atoms with Crippen molar-refractivity contribution in [3.05, 3.63) is 53.3 Å². The monoisotopic (exact) mass is 259 g/mol. The number of amides is 1. The molecule has 0 heterocycles. The number of anilines is 3. The second kappa shape index (κ2) is 4.97. The number of hydrogen-bond donors (Lipinski definition) is 3. The fraction of sp³-hybridized carbons (Fsp3) is 0.0714. The molecule has 1 amide bonds. The first-order valence-electron chi connectivity index (χ1n) is 5.70. The zero-order valence-electron chi connectivity index (χ0n) is 10.4. The Bertz CT molecular complexity index is 641. The van der Waals surface area contributed by atoms with E-state index in [1.807, 2.05) is 6.92 Å². The maximum absolute atomic E-state index is 13.5. The summed E-state index contributed by atoms with van der Waals surface area (Å²) < 4.78 is 13.5. The SMILES string of the molecule is Cc1ccc(F)c(NC(=O)c2ccc(N)cc2N)c1. The highest BCUT2D eigenvalue weighted by Gasteiger charge is 2.12. The maximum Gasteiger partial charge on any atom is 0.257 e. The highest BCUT2D eigenvalue weighted by molar-refractivity contribution is 6.08. The fourth-order valence-electron chi connectivity index (χ4n) is 1.71. The minimum absolute atomic E-state index is 0.126. The van der Waals surface area contributed by atoms with E-state index in [2.05, 4.69) is 5.32 Å². The number of nitrogens with two attached hydrogens (primary N) is 2. The number of carbonyl (C=O) groups is 1. The lowest BCUT2D eigenvalue weighted by Gasteiger charge is -2.09. The number of rotatable bonds is 2. The number of aryl methyl sites for hydroxylation is 1. The van der Waals surface area contributed by atoms with Crippen LogP contribution in [-0.2, 0) is 0 Å². The summed E-state index contributed by atoms with van der Waals surface area (Å²) in [5, 5.41) is 2.49. The van der Waals surface area contributed by atoms with Crippen molar-refractivity contribution in [1.82, 2.24) is 0 Å². The van der Waals surface area contributed by atoms with Crippen LogP contribution in [0.5, 0.6) is 0 Å². The molecular weight excluding hydrogens is 245 g/mol. The summed E-state index contributed by atoms with van der Waals surface area (Å²) in [6.45, 7) is 1.81. The second-order valence-corrected chi connectivity index (χ2v) is 4.28. The Morgan fingerprint density at radius 2 is 1.89 bits per heavy atom. The first-order valence-corrected chi connectivity index (χ1v) is 5.70. The van der Waals surface area contributed by atoms with Gasteiger partial charge < -0.3 is 16.8 Å². The molecule has 0 unspecified atom stereocenters. The summed E-state index contributed by atoms with van der Waals surface area (Å²) in [4.78, 5) is 12.0. The van der Waals surface area contributed by atoms with Gasteiger partial charge in [0.15, 0.2) is 0 Å². The van der Waals surface area contributed by atoms with Crippen LogP contribution in [0.1, 0.15) is 15.9 Å². The van der Waals surface area contributed by atoms with Gasteiger partial charge >= 0.3 is 0 Å². The largest absolute Gasteiger partial charge is 0.399 e. The van der Waals surface area contributed by atoms with Gasteiger partial charge in [-0.1, -0.05) is 6.07 Å². The van der Waals surface area contributed by atoms with Crippen molar-refractivity contribution < 1.29 is 9.18 Å². The maximum atomic E-state index is 13.5. The molecule has 98 valence electrons. The summed E-state index contributed by atoms with van der Waals surface area (Å²) >= 11 is 0. The molecule has 0 aromatic heterocycles. The van der Waals surface area contributed by atoms with Crippen molar-refractivity contribution in [1.29, 1.82) is 0 Å². The molecule has 2 aromatic rings. The number of carbonyl (C=O) groups excluding carboxylic acids is 1. The molecule has 0 saturated carbocycles. The number of nitrogen functional groups attached to an aromatic ring is 2. The van der Waals surface area contributed by atoms with Gasteiger partial charge in [0.05, 0.1) is 11.3 Å². The third-order valence-electron chi connectivity index (χ3n) is 2.69. The van der Waals surface area contributed by atoms with Crippen molar-refractivity contribution in [2.45, 2.75) is 6.92 Å². The zero-order valence-corrected chi connectivity index (χ0v) is 10.4. The topological polar surface area (TPSA) is 81.1 Å². The molecule has 0 aliphatic carbocycles. The third-order valence-corrected chi connectivity index (χ3v) is 2.69. The van der Waals surface area contributed by atoms with Crippen LogP contribution in [0.25, 0.3) is 0 Å². The Kier molecular flexibility index (Phi) is 3.37. The van der Waals surface area contributed by atoms with Crippen LogP contribution in [-0.4, -0.2) is 5.91 Å². The highest BCUT2D eigenvalue weighted by Crippen LogP contribution is 2.20. The molecule has 5 heteroatoms. The van der Waals surface area contributed by atoms with E-state index in [-0.39, 0.29) is 16.9 Å². The van der Waals surface area contributed by atoms with Crippen molar-refractivity contribution in [3.8, 4) is 0 Å². The first-order chi connectivity index (χ1) is 8.97. The number of halogens is 1. The van der Waals surface area contributed by atoms with E-state index in [0.29, 0.717) is 5.69 Å². The van der Waals surface area contributed by atoms with Gasteiger partial charge in [-0.15, -0.1) is 0 Å². The van der Waals surface area contributed by atoms with Crippen LogP contribution in [0.4, 0.5) is 21.5 Å². The standard InChI is InChI=1S/C14H14FN3O/c1-8-2-5-11(15)13(6-8)18-14(19)10-4-3-9(16)7-12(10)17/h2-7H,16-17H2,1H3,(H,18,19). The molecule has 0 atom stereocenters. The van der Waals surface area contributed by atoms with Crippen LogP contribution in [0.3, 0.4) is 0 Å². The fourth-order valence-corrected chi connectivity index (χ4v) is 1.71. The number of nitrogens with one attached hydrogen (secondary N) is 1. The minimum Gasteiger partial charge on any atom is -0.399 e. The molecular formula is C14H14FN3O. The van der Waals surface area contributed by atoms with E-state index >= 15 is 0 Å². The molecule has 0 saturated heterocycles. The quantitative estimate of drug-likeness (QED) is 0.725. The molecule has 2 aromatic carbocycles. The van der Waals surface area contributed by atoms with Crippen molar-refractivity contribution in [2.75, 3.05) is 16.8 Å². The minimum atomic E-state index is -0.493. The Hall–Kier alpha value is -2.56. The van der Waals surface area contributed by atoms with Gasteiger partial charge in [-0.05, 0) is 42.8 Å². The van der Waals surface area contributed by atoms with E-state index in [1.165, 1.54) is 18.2 Å². The average molecular weight is 259 g/mol. The predicted molar refractivity (Wildman–Crippen MR) is 74.4 cm³/mol. The van der Waals surface area contributed by atoms with Gasteiger partial charge in [-0.3, -0.25) is 4.79 Å². The molecule has 0 bridgehead atoms. The molecule has 0 radical (unpaired) electrons. The second-order valence-electron chi connectivity index (χ2n) is 4.28. The number of benzene rings is 2. The lowest BCUT2D eigenvalue weighted by molar-refractivity contribution is 0.102. The lowest BCUT2D eigenvalue weighted by atomic mass is 10.1. The van der Waals surface area contributed by atoms with E-state index in [0.717, 1.165) is 5.56 Å². The zero-order chi connectivity index (χ0) is 14.0. The summed E-state index contributed by atoms with van der Waals surface area (Å²) in [5.74, 6) is -0.963. The summed E-state index contributed by atoms with van der Waals surface area (Å²) in [7, 11) is 0. The van der Waals surface area contributed by atoms with Gasteiger partial charge in [0.1, 0.15) is 5.82 Å².